The molecule has 1 heterocycles. The monoisotopic (exact) mass is 367 g/mol. The fraction of sp³-hybridized carbons (Fsp3) is 0.529. The third kappa shape index (κ3) is 5.54. The van der Waals surface area contributed by atoms with Gasteiger partial charge in [-0.05, 0) is 37.0 Å². The van der Waals surface area contributed by atoms with E-state index in [9.17, 15) is 18.0 Å². The van der Waals surface area contributed by atoms with Crippen molar-refractivity contribution in [1.82, 2.24) is 4.31 Å². The maximum atomic E-state index is 12.5. The number of nitrogens with two attached hydrogens (primary N) is 1. The Morgan fingerprint density at radius 2 is 1.96 bits per heavy atom. The summed E-state index contributed by atoms with van der Waals surface area (Å²) < 4.78 is 25.8. The molecule has 3 N–H and O–H groups in total. The highest BCUT2D eigenvalue weighted by atomic mass is 32.2. The van der Waals surface area contributed by atoms with E-state index < -0.39 is 15.9 Å². The lowest BCUT2D eigenvalue weighted by molar-refractivity contribution is -0.121. The van der Waals surface area contributed by atoms with Crippen molar-refractivity contribution in [1.29, 1.82) is 0 Å². The minimum absolute atomic E-state index is 0.114. The molecule has 138 valence electrons. The predicted molar refractivity (Wildman–Crippen MR) is 96.3 cm³/mol. The van der Waals surface area contributed by atoms with Crippen LogP contribution in [0.2, 0.25) is 0 Å². The van der Waals surface area contributed by atoms with Crippen molar-refractivity contribution in [2.45, 2.75) is 32.6 Å². The Morgan fingerprint density at radius 3 is 2.56 bits per heavy atom. The summed E-state index contributed by atoms with van der Waals surface area (Å²) in [5.41, 5.74) is 6.54. The minimum atomic E-state index is -3.28. The lowest BCUT2D eigenvalue weighted by Gasteiger charge is -2.31. The number of hydrogen-bond donors (Lipinski definition) is 2. The van der Waals surface area contributed by atoms with Gasteiger partial charge in [0.05, 0.1) is 18.1 Å². The highest BCUT2D eigenvalue weighted by Crippen LogP contribution is 2.22. The Kier molecular flexibility index (Phi) is 6.55. The Morgan fingerprint density at radius 1 is 1.28 bits per heavy atom. The van der Waals surface area contributed by atoms with E-state index in [1.807, 2.05) is 6.92 Å². The molecule has 2 amide bonds. The van der Waals surface area contributed by atoms with Crippen molar-refractivity contribution >= 4 is 27.5 Å². The summed E-state index contributed by atoms with van der Waals surface area (Å²) in [7, 11) is -3.28. The molecule has 0 radical (unpaired) electrons. The summed E-state index contributed by atoms with van der Waals surface area (Å²) in [6, 6.07) is 6.90. The van der Waals surface area contributed by atoms with Gasteiger partial charge in [-0.3, -0.25) is 9.59 Å². The average Bonchev–Trinajstić information content (AvgIpc) is 2.56. The number of primary amides is 1. The molecule has 0 aliphatic carbocycles. The van der Waals surface area contributed by atoms with Crippen LogP contribution in [0.1, 0.15) is 31.7 Å². The van der Waals surface area contributed by atoms with Gasteiger partial charge in [0.1, 0.15) is 0 Å². The van der Waals surface area contributed by atoms with E-state index in [2.05, 4.69) is 5.32 Å². The van der Waals surface area contributed by atoms with Crippen LogP contribution in [0.25, 0.3) is 0 Å². The van der Waals surface area contributed by atoms with Gasteiger partial charge in [0.25, 0.3) is 0 Å². The highest BCUT2D eigenvalue weighted by molar-refractivity contribution is 7.89. The normalized spacial score (nSPS) is 18.7. The number of sulfonamides is 1. The molecule has 1 unspecified atom stereocenters. The number of benzene rings is 1. The zero-order valence-electron chi connectivity index (χ0n) is 14.4. The molecule has 1 aliphatic heterocycles. The largest absolute Gasteiger partial charge is 0.369 e. The molecule has 1 aromatic rings. The summed E-state index contributed by atoms with van der Waals surface area (Å²) in [6.45, 7) is 2.54. The number of anilines is 1. The number of piperidine rings is 1. The van der Waals surface area contributed by atoms with Gasteiger partial charge in [0.15, 0.2) is 0 Å². The second kappa shape index (κ2) is 8.44. The topological polar surface area (TPSA) is 110 Å². The standard InChI is InChI=1S/C17H25N3O4S/c1-2-10-25(23,24)20-9-3-4-14(12-20)17(22)19-15-7-5-13(6-8-15)11-16(18)21/h5-8,14H,2-4,9-12H2,1H3,(H2,18,21)(H,19,22). The van der Waals surface area contributed by atoms with E-state index in [1.165, 1.54) is 4.31 Å². The molecular formula is C17H25N3O4S. The maximum absolute atomic E-state index is 12.5. The molecule has 2 rings (SSSR count). The molecule has 8 heteroatoms. The van der Waals surface area contributed by atoms with E-state index in [0.29, 0.717) is 31.5 Å². The van der Waals surface area contributed by atoms with E-state index in [1.54, 1.807) is 24.3 Å². The second-order valence-corrected chi connectivity index (χ2v) is 8.43. The number of rotatable bonds is 7. The van der Waals surface area contributed by atoms with Crippen LogP contribution in [0.3, 0.4) is 0 Å². The van der Waals surface area contributed by atoms with Crippen LogP contribution >= 0.6 is 0 Å². The third-order valence-electron chi connectivity index (χ3n) is 4.21. The third-order valence-corrected chi connectivity index (χ3v) is 6.25. The molecule has 0 saturated carbocycles. The number of amides is 2. The van der Waals surface area contributed by atoms with Gasteiger partial charge in [-0.1, -0.05) is 19.1 Å². The van der Waals surface area contributed by atoms with Crippen molar-refractivity contribution in [3.8, 4) is 0 Å². The minimum Gasteiger partial charge on any atom is -0.369 e. The lowest BCUT2D eigenvalue weighted by atomic mass is 9.98. The molecule has 1 saturated heterocycles. The lowest BCUT2D eigenvalue weighted by Crippen LogP contribution is -2.44. The van der Waals surface area contributed by atoms with E-state index in [0.717, 1.165) is 5.56 Å². The van der Waals surface area contributed by atoms with Gasteiger partial charge in [-0.15, -0.1) is 0 Å². The van der Waals surface area contributed by atoms with Crippen molar-refractivity contribution in [2.75, 3.05) is 24.2 Å². The van der Waals surface area contributed by atoms with Gasteiger partial charge >= 0.3 is 0 Å². The van der Waals surface area contributed by atoms with Gasteiger partial charge in [-0.2, -0.15) is 0 Å². The van der Waals surface area contributed by atoms with Crippen LogP contribution in [-0.2, 0) is 26.0 Å². The Labute approximate surface area is 148 Å². The molecule has 1 aromatic carbocycles. The fourth-order valence-corrected chi connectivity index (χ4v) is 4.54. The van der Waals surface area contributed by atoms with Crippen molar-refractivity contribution in [2.24, 2.45) is 11.7 Å². The zero-order chi connectivity index (χ0) is 18.4. The Balaban J connectivity index is 1.97. The SMILES string of the molecule is CCCS(=O)(=O)N1CCCC(C(=O)Nc2ccc(CC(N)=O)cc2)C1. The summed E-state index contributed by atoms with van der Waals surface area (Å²) in [4.78, 5) is 23.3. The quantitative estimate of drug-likeness (QED) is 0.752. The number of carbonyl (C=O) groups excluding carboxylic acids is 2. The smallest absolute Gasteiger partial charge is 0.228 e. The van der Waals surface area contributed by atoms with Crippen LogP contribution in [-0.4, -0.2) is 43.4 Å². The predicted octanol–water partition coefficient (Wildman–Crippen LogP) is 1.10. The van der Waals surface area contributed by atoms with E-state index >= 15 is 0 Å². The molecule has 7 nitrogen and oxygen atoms in total. The van der Waals surface area contributed by atoms with Gasteiger partial charge in [0, 0.05) is 18.8 Å². The summed E-state index contributed by atoms with van der Waals surface area (Å²) in [5, 5.41) is 2.82. The second-order valence-electron chi connectivity index (χ2n) is 6.34. The first kappa shape index (κ1) is 19.4. The Hall–Kier alpha value is -1.93. The summed E-state index contributed by atoms with van der Waals surface area (Å²) in [6.07, 6.45) is 2.07. The first-order chi connectivity index (χ1) is 11.8. The molecule has 0 aromatic heterocycles. The zero-order valence-corrected chi connectivity index (χ0v) is 15.2. The van der Waals surface area contributed by atoms with Crippen LogP contribution in [0.5, 0.6) is 0 Å². The number of nitrogens with one attached hydrogen (secondary N) is 1. The van der Waals surface area contributed by atoms with Crippen LogP contribution < -0.4 is 11.1 Å². The Bertz CT molecular complexity index is 716. The number of nitrogens with zero attached hydrogens (tertiary/aromatic N) is 1. The maximum Gasteiger partial charge on any atom is 0.228 e. The van der Waals surface area contributed by atoms with Gasteiger partial charge in [-0.25, -0.2) is 12.7 Å². The van der Waals surface area contributed by atoms with Crippen molar-refractivity contribution < 1.29 is 18.0 Å². The molecule has 1 aliphatic rings. The van der Waals surface area contributed by atoms with Gasteiger partial charge < -0.3 is 11.1 Å². The molecular weight excluding hydrogens is 342 g/mol. The first-order valence-corrected chi connectivity index (χ1v) is 10.1. The van der Waals surface area contributed by atoms with E-state index in [-0.39, 0.29) is 30.5 Å². The van der Waals surface area contributed by atoms with Crippen LogP contribution in [0.4, 0.5) is 5.69 Å². The highest BCUT2D eigenvalue weighted by Gasteiger charge is 2.31. The molecule has 0 bridgehead atoms. The first-order valence-electron chi connectivity index (χ1n) is 8.47. The molecule has 25 heavy (non-hydrogen) atoms. The van der Waals surface area contributed by atoms with E-state index in [4.69, 9.17) is 5.73 Å². The fourth-order valence-electron chi connectivity index (χ4n) is 2.95. The summed E-state index contributed by atoms with van der Waals surface area (Å²) in [5.74, 6) is -0.833. The van der Waals surface area contributed by atoms with Crippen LogP contribution in [0, 0.1) is 5.92 Å². The number of carbonyl (C=O) groups is 2. The van der Waals surface area contributed by atoms with Gasteiger partial charge in [0.2, 0.25) is 21.8 Å². The molecule has 1 fully saturated rings. The van der Waals surface area contributed by atoms with Crippen LogP contribution in [0.15, 0.2) is 24.3 Å². The average molecular weight is 367 g/mol. The van der Waals surface area contributed by atoms with Crippen molar-refractivity contribution in [3.63, 3.8) is 0 Å². The number of hydrogen-bond acceptors (Lipinski definition) is 4. The molecule has 0 spiro atoms. The molecule has 1 atom stereocenters. The summed E-state index contributed by atoms with van der Waals surface area (Å²) >= 11 is 0. The van der Waals surface area contributed by atoms with Crippen molar-refractivity contribution in [3.05, 3.63) is 29.8 Å².